The third-order valence-electron chi connectivity index (χ3n) is 2.82. The molecule has 0 saturated heterocycles. The molecule has 1 N–H and O–H groups in total. The summed E-state index contributed by atoms with van der Waals surface area (Å²) in [5.74, 6) is -0.0562. The van der Waals surface area contributed by atoms with Crippen LogP contribution in [0.15, 0.2) is 27.0 Å². The van der Waals surface area contributed by atoms with Crippen molar-refractivity contribution in [1.29, 1.82) is 0 Å². The molecular weight excluding hydrogens is 466 g/mol. The molecule has 7 nitrogen and oxygen atoms in total. The second kappa shape index (κ2) is 10.1. The van der Waals surface area contributed by atoms with Gasteiger partial charge in [0.1, 0.15) is 5.75 Å². The van der Waals surface area contributed by atoms with Gasteiger partial charge in [0.25, 0.3) is 5.91 Å². The van der Waals surface area contributed by atoms with Crippen molar-refractivity contribution in [2.45, 2.75) is 24.3 Å². The van der Waals surface area contributed by atoms with Crippen molar-refractivity contribution in [1.82, 2.24) is 10.2 Å². The Balaban J connectivity index is 1.87. The summed E-state index contributed by atoms with van der Waals surface area (Å²) < 4.78 is 11.7. The Morgan fingerprint density at radius 3 is 2.88 bits per heavy atom. The van der Waals surface area contributed by atoms with Gasteiger partial charge in [-0.25, -0.2) is 0 Å². The quantitative estimate of drug-likeness (QED) is 0.347. The summed E-state index contributed by atoms with van der Waals surface area (Å²) >= 11 is 11.6. The van der Waals surface area contributed by atoms with Gasteiger partial charge in [-0.3, -0.25) is 14.9 Å². The highest BCUT2D eigenvalue weighted by Gasteiger charge is 2.18. The number of ether oxygens (including phenoxy) is 2. The van der Waals surface area contributed by atoms with Crippen LogP contribution in [0.2, 0.25) is 5.02 Å². The number of amides is 1. The molecule has 11 heteroatoms. The van der Waals surface area contributed by atoms with Crippen molar-refractivity contribution >= 4 is 67.6 Å². The highest BCUT2D eigenvalue weighted by atomic mass is 79.9. The number of rotatable bonds is 8. The summed E-state index contributed by atoms with van der Waals surface area (Å²) in [6.07, 6.45) is -0.757. The van der Waals surface area contributed by atoms with Gasteiger partial charge in [0.2, 0.25) is 5.13 Å². The minimum absolute atomic E-state index is 0.139. The topological polar surface area (TPSA) is 90.4 Å². The van der Waals surface area contributed by atoms with E-state index in [1.807, 2.05) is 0 Å². The van der Waals surface area contributed by atoms with Crippen LogP contribution in [-0.2, 0) is 14.3 Å². The summed E-state index contributed by atoms with van der Waals surface area (Å²) in [6, 6.07) is 5.02. The van der Waals surface area contributed by atoms with E-state index in [0.29, 0.717) is 31.3 Å². The van der Waals surface area contributed by atoms with E-state index in [9.17, 15) is 9.59 Å². The van der Waals surface area contributed by atoms with Crippen molar-refractivity contribution in [2.24, 2.45) is 0 Å². The van der Waals surface area contributed by atoms with Gasteiger partial charge in [-0.05, 0) is 48.0 Å². The average molecular weight is 481 g/mol. The Labute approximate surface area is 171 Å². The molecule has 26 heavy (non-hydrogen) atoms. The largest absolute Gasteiger partial charge is 0.480 e. The van der Waals surface area contributed by atoms with E-state index in [-0.39, 0.29) is 17.6 Å². The Morgan fingerprint density at radius 1 is 1.42 bits per heavy atom. The molecule has 1 aromatic carbocycles. The van der Waals surface area contributed by atoms with E-state index < -0.39 is 6.10 Å². The summed E-state index contributed by atoms with van der Waals surface area (Å²) in [5.41, 5.74) is 0. The fourth-order valence-corrected chi connectivity index (χ4v) is 3.99. The van der Waals surface area contributed by atoms with Crippen molar-refractivity contribution in [3.05, 3.63) is 27.7 Å². The molecule has 1 unspecified atom stereocenters. The van der Waals surface area contributed by atoms with Crippen LogP contribution >= 0.6 is 50.6 Å². The number of hydrogen-bond acceptors (Lipinski definition) is 8. The number of thioether (sulfide) groups is 1. The Bertz CT molecular complexity index is 790. The smallest absolute Gasteiger partial charge is 0.316 e. The number of carbonyl (C=O) groups excluding carboxylic acids is 2. The van der Waals surface area contributed by atoms with Crippen molar-refractivity contribution in [3.63, 3.8) is 0 Å². The molecule has 2 aromatic rings. The number of hydrogen-bond donors (Lipinski definition) is 1. The van der Waals surface area contributed by atoms with Gasteiger partial charge >= 0.3 is 5.97 Å². The number of anilines is 1. The Morgan fingerprint density at radius 2 is 2.19 bits per heavy atom. The van der Waals surface area contributed by atoms with E-state index in [1.54, 1.807) is 32.0 Å². The van der Waals surface area contributed by atoms with Crippen LogP contribution < -0.4 is 10.1 Å². The third-order valence-corrected chi connectivity index (χ3v) is 5.62. The third kappa shape index (κ3) is 6.42. The first-order chi connectivity index (χ1) is 12.4. The van der Waals surface area contributed by atoms with Gasteiger partial charge < -0.3 is 9.47 Å². The average Bonchev–Trinajstić information content (AvgIpc) is 3.03. The second-order valence-corrected chi connectivity index (χ2v) is 8.28. The molecule has 1 atom stereocenters. The van der Waals surface area contributed by atoms with E-state index >= 15 is 0 Å². The zero-order valence-corrected chi connectivity index (χ0v) is 17.8. The monoisotopic (exact) mass is 479 g/mol. The van der Waals surface area contributed by atoms with Crippen LogP contribution in [0.4, 0.5) is 5.13 Å². The first-order valence-electron chi connectivity index (χ1n) is 7.43. The first-order valence-corrected chi connectivity index (χ1v) is 10.4. The Hall–Kier alpha value is -1.36. The van der Waals surface area contributed by atoms with Crippen molar-refractivity contribution in [2.75, 3.05) is 17.7 Å². The van der Waals surface area contributed by atoms with E-state index in [0.717, 1.165) is 0 Å². The van der Waals surface area contributed by atoms with Gasteiger partial charge in [-0.1, -0.05) is 34.7 Å². The van der Waals surface area contributed by atoms with Gasteiger partial charge in [0, 0.05) is 5.02 Å². The molecule has 1 amide bonds. The van der Waals surface area contributed by atoms with Crippen molar-refractivity contribution in [3.8, 4) is 5.75 Å². The zero-order valence-electron chi connectivity index (χ0n) is 13.8. The Kier molecular flexibility index (Phi) is 8.14. The molecular formula is C15H15BrClN3O4S2. The molecule has 2 rings (SSSR count). The van der Waals surface area contributed by atoms with Crippen LogP contribution in [0, 0.1) is 0 Å². The van der Waals surface area contributed by atoms with Gasteiger partial charge in [-0.2, -0.15) is 0 Å². The molecule has 0 aliphatic heterocycles. The number of halogens is 2. The highest BCUT2D eigenvalue weighted by Crippen LogP contribution is 2.29. The molecule has 140 valence electrons. The maximum absolute atomic E-state index is 12.2. The fraction of sp³-hybridized carbons (Fsp3) is 0.333. The minimum atomic E-state index is -0.757. The lowest BCUT2D eigenvalue weighted by Crippen LogP contribution is -2.30. The van der Waals surface area contributed by atoms with E-state index in [2.05, 4.69) is 31.4 Å². The summed E-state index contributed by atoms with van der Waals surface area (Å²) in [4.78, 5) is 23.6. The minimum Gasteiger partial charge on any atom is -0.480 e. The lowest BCUT2D eigenvalue weighted by molar-refractivity contribution is -0.139. The molecule has 0 fully saturated rings. The number of benzene rings is 1. The predicted octanol–water partition coefficient (Wildman–Crippen LogP) is 4.02. The van der Waals surface area contributed by atoms with Crippen molar-refractivity contribution < 1.29 is 19.1 Å². The predicted molar refractivity (Wildman–Crippen MR) is 105 cm³/mol. The summed E-state index contributed by atoms with van der Waals surface area (Å²) in [7, 11) is 0. The van der Waals surface area contributed by atoms with Crippen LogP contribution in [0.3, 0.4) is 0 Å². The lowest BCUT2D eigenvalue weighted by atomic mass is 10.3. The maximum Gasteiger partial charge on any atom is 0.316 e. The fourth-order valence-electron chi connectivity index (χ4n) is 1.66. The van der Waals surface area contributed by atoms with Gasteiger partial charge in [-0.15, -0.1) is 10.2 Å². The summed E-state index contributed by atoms with van der Waals surface area (Å²) in [6.45, 7) is 3.69. The molecule has 0 spiro atoms. The molecule has 0 saturated carbocycles. The SMILES string of the molecule is CCOC(=O)CSc1nnc(NC(=O)C(C)Oc2ccc(Cl)cc2Br)s1. The number of nitrogens with one attached hydrogen (secondary N) is 1. The lowest BCUT2D eigenvalue weighted by Gasteiger charge is -2.14. The standard InChI is InChI=1S/C15H15BrClN3O4S2/c1-3-23-12(21)7-25-15-20-19-14(26-15)18-13(22)8(2)24-11-5-4-9(17)6-10(11)16/h4-6,8H,3,7H2,1-2H3,(H,18,19,22). The zero-order chi connectivity index (χ0) is 19.1. The molecule has 0 bridgehead atoms. The first kappa shape index (κ1) is 20.9. The van der Waals surface area contributed by atoms with E-state index in [1.165, 1.54) is 23.1 Å². The summed E-state index contributed by atoms with van der Waals surface area (Å²) in [5, 5.41) is 11.3. The molecule has 0 aliphatic rings. The van der Waals surface area contributed by atoms with Crippen LogP contribution in [-0.4, -0.2) is 40.5 Å². The van der Waals surface area contributed by atoms with E-state index in [4.69, 9.17) is 21.1 Å². The van der Waals surface area contributed by atoms with Gasteiger partial charge in [0.05, 0.1) is 16.8 Å². The highest BCUT2D eigenvalue weighted by molar-refractivity contribution is 9.10. The van der Waals surface area contributed by atoms with Crippen LogP contribution in [0.1, 0.15) is 13.8 Å². The number of nitrogens with zero attached hydrogens (tertiary/aromatic N) is 2. The molecule has 0 aliphatic carbocycles. The van der Waals surface area contributed by atoms with Crippen LogP contribution in [0.25, 0.3) is 0 Å². The molecule has 1 heterocycles. The van der Waals surface area contributed by atoms with Gasteiger partial charge in [0.15, 0.2) is 10.4 Å². The normalized spacial score (nSPS) is 11.7. The number of carbonyl (C=O) groups is 2. The number of aromatic nitrogens is 2. The molecule has 0 radical (unpaired) electrons. The molecule has 1 aromatic heterocycles. The maximum atomic E-state index is 12.2. The number of esters is 1. The second-order valence-electron chi connectivity index (χ2n) is 4.79. The van der Waals surface area contributed by atoms with Crippen LogP contribution in [0.5, 0.6) is 5.75 Å².